The molecule has 0 N–H and O–H groups in total. The first-order valence-corrected chi connectivity index (χ1v) is 10.1. The van der Waals surface area contributed by atoms with Gasteiger partial charge >= 0.3 is 6.09 Å². The van der Waals surface area contributed by atoms with E-state index in [2.05, 4.69) is 36.9 Å². The van der Waals surface area contributed by atoms with Gasteiger partial charge in [0, 0.05) is 37.4 Å². The van der Waals surface area contributed by atoms with Crippen molar-refractivity contribution >= 4 is 23.4 Å². The lowest BCUT2D eigenvalue weighted by atomic mass is 10.1. The zero-order valence-electron chi connectivity index (χ0n) is 17.3. The van der Waals surface area contributed by atoms with E-state index in [1.165, 1.54) is 16.8 Å². The third kappa shape index (κ3) is 3.79. The van der Waals surface area contributed by atoms with Gasteiger partial charge in [-0.05, 0) is 56.2 Å². The average molecular weight is 393 g/mol. The highest BCUT2D eigenvalue weighted by molar-refractivity contribution is 5.96. The molecule has 0 saturated carbocycles. The maximum atomic E-state index is 13.0. The molecule has 2 fully saturated rings. The standard InChI is InChI=1S/C23H27N3O3/c1-16-4-6-20(17(2)14-16)24-8-10-25(11-9-24)22(27)19-5-7-21(18(3)15-19)26-12-13-29-23(26)28/h4-7,14-15H,8-13H2,1-3H3. The van der Waals surface area contributed by atoms with Gasteiger partial charge < -0.3 is 14.5 Å². The fourth-order valence-electron chi connectivity index (χ4n) is 4.20. The minimum absolute atomic E-state index is 0.0453. The molecule has 0 unspecified atom stereocenters. The van der Waals surface area contributed by atoms with Gasteiger partial charge in [0.15, 0.2) is 0 Å². The molecule has 4 rings (SSSR count). The first-order valence-electron chi connectivity index (χ1n) is 10.1. The number of cyclic esters (lactones) is 1. The van der Waals surface area contributed by atoms with E-state index < -0.39 is 0 Å². The van der Waals surface area contributed by atoms with Crippen molar-refractivity contribution in [2.24, 2.45) is 0 Å². The summed E-state index contributed by atoms with van der Waals surface area (Å²) in [5, 5.41) is 0. The minimum Gasteiger partial charge on any atom is -0.447 e. The van der Waals surface area contributed by atoms with E-state index in [0.717, 1.165) is 24.3 Å². The SMILES string of the molecule is Cc1ccc(N2CCN(C(=O)c3ccc(N4CCOC4=O)c(C)c3)CC2)c(C)c1. The Kier molecular flexibility index (Phi) is 5.18. The van der Waals surface area contributed by atoms with Crippen molar-refractivity contribution in [3.8, 4) is 0 Å². The number of anilines is 2. The van der Waals surface area contributed by atoms with Crippen molar-refractivity contribution in [1.82, 2.24) is 4.90 Å². The van der Waals surface area contributed by atoms with Gasteiger partial charge in [-0.2, -0.15) is 0 Å². The lowest BCUT2D eigenvalue weighted by Crippen LogP contribution is -2.49. The Hall–Kier alpha value is -3.02. The molecule has 0 aromatic heterocycles. The van der Waals surface area contributed by atoms with Crippen LogP contribution in [0.3, 0.4) is 0 Å². The highest BCUT2D eigenvalue weighted by atomic mass is 16.6. The zero-order chi connectivity index (χ0) is 20.5. The van der Waals surface area contributed by atoms with Crippen LogP contribution < -0.4 is 9.80 Å². The Morgan fingerprint density at radius 2 is 1.55 bits per heavy atom. The number of ether oxygens (including phenoxy) is 1. The van der Waals surface area contributed by atoms with Gasteiger partial charge in [0.1, 0.15) is 6.61 Å². The Labute approximate surface area is 171 Å². The van der Waals surface area contributed by atoms with E-state index in [-0.39, 0.29) is 12.0 Å². The van der Waals surface area contributed by atoms with Gasteiger partial charge in [0.05, 0.1) is 12.2 Å². The van der Waals surface area contributed by atoms with Crippen LogP contribution in [0.25, 0.3) is 0 Å². The molecule has 0 spiro atoms. The Morgan fingerprint density at radius 1 is 0.862 bits per heavy atom. The van der Waals surface area contributed by atoms with Crippen molar-refractivity contribution in [2.75, 3.05) is 49.1 Å². The summed E-state index contributed by atoms with van der Waals surface area (Å²) in [6.07, 6.45) is -0.324. The number of rotatable bonds is 3. The van der Waals surface area contributed by atoms with Crippen molar-refractivity contribution in [2.45, 2.75) is 20.8 Å². The van der Waals surface area contributed by atoms with Gasteiger partial charge in [0.25, 0.3) is 5.91 Å². The number of nitrogens with zero attached hydrogens (tertiary/aromatic N) is 3. The van der Waals surface area contributed by atoms with E-state index in [0.29, 0.717) is 31.8 Å². The number of amides is 2. The molecular weight excluding hydrogens is 366 g/mol. The molecule has 0 aliphatic carbocycles. The fraction of sp³-hybridized carbons (Fsp3) is 0.391. The first-order chi connectivity index (χ1) is 13.9. The van der Waals surface area contributed by atoms with Gasteiger partial charge in [-0.15, -0.1) is 0 Å². The number of benzene rings is 2. The molecule has 0 bridgehead atoms. The molecule has 2 saturated heterocycles. The maximum absolute atomic E-state index is 13.0. The van der Waals surface area contributed by atoms with Crippen LogP contribution >= 0.6 is 0 Å². The minimum atomic E-state index is -0.324. The van der Waals surface area contributed by atoms with Crippen LogP contribution in [0.2, 0.25) is 0 Å². The highest BCUT2D eigenvalue weighted by Gasteiger charge is 2.27. The predicted molar refractivity (Wildman–Crippen MR) is 114 cm³/mol. The van der Waals surface area contributed by atoms with Gasteiger partial charge in [-0.1, -0.05) is 17.7 Å². The average Bonchev–Trinajstić information content (AvgIpc) is 3.13. The number of hydrogen-bond donors (Lipinski definition) is 0. The molecule has 2 aromatic carbocycles. The van der Waals surface area contributed by atoms with Crippen molar-refractivity contribution in [3.63, 3.8) is 0 Å². The van der Waals surface area contributed by atoms with E-state index in [1.54, 1.807) is 4.90 Å². The van der Waals surface area contributed by atoms with E-state index in [9.17, 15) is 9.59 Å². The molecule has 29 heavy (non-hydrogen) atoms. The largest absolute Gasteiger partial charge is 0.447 e. The molecule has 6 nitrogen and oxygen atoms in total. The predicted octanol–water partition coefficient (Wildman–Crippen LogP) is 3.53. The lowest BCUT2D eigenvalue weighted by molar-refractivity contribution is 0.0746. The summed E-state index contributed by atoms with van der Waals surface area (Å²) >= 11 is 0. The third-order valence-corrected chi connectivity index (χ3v) is 5.76. The van der Waals surface area contributed by atoms with E-state index >= 15 is 0 Å². The molecule has 2 amide bonds. The number of aryl methyl sites for hydroxylation is 3. The van der Waals surface area contributed by atoms with E-state index in [1.807, 2.05) is 30.0 Å². The molecule has 6 heteroatoms. The highest BCUT2D eigenvalue weighted by Crippen LogP contribution is 2.26. The maximum Gasteiger partial charge on any atom is 0.414 e. The smallest absolute Gasteiger partial charge is 0.414 e. The number of carbonyl (C=O) groups is 2. The molecule has 152 valence electrons. The Bertz CT molecular complexity index is 948. The summed E-state index contributed by atoms with van der Waals surface area (Å²) in [7, 11) is 0. The van der Waals surface area contributed by atoms with Crippen molar-refractivity contribution < 1.29 is 14.3 Å². The Morgan fingerprint density at radius 3 is 2.17 bits per heavy atom. The zero-order valence-corrected chi connectivity index (χ0v) is 17.3. The van der Waals surface area contributed by atoms with Crippen LogP contribution in [0.4, 0.5) is 16.2 Å². The number of hydrogen-bond acceptors (Lipinski definition) is 4. The van der Waals surface area contributed by atoms with Crippen LogP contribution in [-0.4, -0.2) is 56.2 Å². The third-order valence-electron chi connectivity index (χ3n) is 5.76. The van der Waals surface area contributed by atoms with Crippen molar-refractivity contribution in [1.29, 1.82) is 0 Å². The fourth-order valence-corrected chi connectivity index (χ4v) is 4.20. The van der Waals surface area contributed by atoms with E-state index in [4.69, 9.17) is 4.74 Å². The molecule has 2 aliphatic rings. The second kappa shape index (κ2) is 7.78. The normalized spacial score (nSPS) is 16.9. The summed E-state index contributed by atoms with van der Waals surface area (Å²) in [5.41, 5.74) is 6.17. The van der Waals surface area contributed by atoms with Gasteiger partial charge in [-0.3, -0.25) is 9.69 Å². The monoisotopic (exact) mass is 393 g/mol. The topological polar surface area (TPSA) is 53.1 Å². The lowest BCUT2D eigenvalue weighted by Gasteiger charge is -2.37. The molecule has 2 aliphatic heterocycles. The first kappa shape index (κ1) is 19.3. The summed E-state index contributed by atoms with van der Waals surface area (Å²) in [6.45, 7) is 10.2. The molecular formula is C23H27N3O3. The van der Waals surface area contributed by atoms with Crippen LogP contribution in [0.1, 0.15) is 27.0 Å². The summed E-state index contributed by atoms with van der Waals surface area (Å²) < 4.78 is 5.02. The molecule has 0 radical (unpaired) electrons. The van der Waals surface area contributed by atoms with Crippen LogP contribution in [0.5, 0.6) is 0 Å². The quantitative estimate of drug-likeness (QED) is 0.801. The van der Waals surface area contributed by atoms with Crippen LogP contribution in [0, 0.1) is 20.8 Å². The van der Waals surface area contributed by atoms with Crippen LogP contribution in [0.15, 0.2) is 36.4 Å². The molecule has 2 aromatic rings. The second-order valence-corrected chi connectivity index (χ2v) is 7.84. The van der Waals surface area contributed by atoms with Gasteiger partial charge in [-0.25, -0.2) is 4.79 Å². The summed E-state index contributed by atoms with van der Waals surface area (Å²) in [6, 6.07) is 12.1. The summed E-state index contributed by atoms with van der Waals surface area (Å²) in [5.74, 6) is 0.0453. The van der Waals surface area contributed by atoms with Gasteiger partial charge in [0.2, 0.25) is 0 Å². The molecule has 0 atom stereocenters. The number of carbonyl (C=O) groups excluding carboxylic acids is 2. The van der Waals surface area contributed by atoms with Crippen LogP contribution in [-0.2, 0) is 4.74 Å². The summed E-state index contributed by atoms with van der Waals surface area (Å²) in [4.78, 5) is 30.7. The molecule has 2 heterocycles. The Balaban J connectivity index is 1.43. The number of piperazine rings is 1. The second-order valence-electron chi connectivity index (χ2n) is 7.84. The van der Waals surface area contributed by atoms with Crippen molar-refractivity contribution in [3.05, 3.63) is 58.7 Å².